The lowest BCUT2D eigenvalue weighted by atomic mass is 9.97. The molecule has 0 heterocycles. The normalized spacial score (nSPS) is 10.9. The molecule has 0 atom stereocenters. The van der Waals surface area contributed by atoms with Gasteiger partial charge in [0.15, 0.2) is 0 Å². The molecule has 17 heavy (non-hydrogen) atoms. The van der Waals surface area contributed by atoms with Gasteiger partial charge in [-0.25, -0.2) is 0 Å². The maximum Gasteiger partial charge on any atom is -0.0149 e. The molecule has 0 unspecified atom stereocenters. The zero-order valence-corrected chi connectivity index (χ0v) is 10.7. The Hall–Kier alpha value is -1.30. The summed E-state index contributed by atoms with van der Waals surface area (Å²) >= 11 is 0. The van der Waals surface area contributed by atoms with E-state index in [9.17, 15) is 0 Å². The highest BCUT2D eigenvalue weighted by Gasteiger charge is 2.02. The molecule has 0 bridgehead atoms. The van der Waals surface area contributed by atoms with Crippen LogP contribution in [0.1, 0.15) is 36.8 Å². The monoisotopic (exact) mass is 225 g/mol. The number of hydrogen-bond acceptors (Lipinski definition) is 0. The molecule has 0 nitrogen and oxygen atoms in total. The Morgan fingerprint density at radius 1 is 0.882 bits per heavy atom. The van der Waals surface area contributed by atoms with Crippen molar-refractivity contribution in [2.75, 3.05) is 0 Å². The molecule has 0 heteroatoms. The lowest BCUT2D eigenvalue weighted by Crippen LogP contribution is -1.89. The molecule has 2 rings (SSSR count). The minimum atomic E-state index is 1.06. The molecule has 0 fully saturated rings. The van der Waals surface area contributed by atoms with E-state index in [2.05, 4.69) is 50.2 Å². The Morgan fingerprint density at radius 3 is 2.41 bits per heavy atom. The largest absolute Gasteiger partial charge is 0.0616 e. The Kier molecular flexibility index (Phi) is 4.19. The van der Waals surface area contributed by atoms with Crippen LogP contribution in [0.2, 0.25) is 0 Å². The van der Waals surface area contributed by atoms with Gasteiger partial charge in [0.2, 0.25) is 0 Å². The second kappa shape index (κ2) is 5.86. The highest BCUT2D eigenvalue weighted by Crippen LogP contribution is 2.23. The predicted octanol–water partition coefficient (Wildman–Crippen LogP) is 5.09. The number of rotatable bonds is 5. The zero-order valence-electron chi connectivity index (χ0n) is 10.7. The number of aryl methyl sites for hydroxylation is 2. The molecule has 2 aromatic rings. The van der Waals surface area contributed by atoms with Crippen LogP contribution in [0, 0.1) is 13.8 Å². The van der Waals surface area contributed by atoms with Crippen molar-refractivity contribution in [1.82, 2.24) is 0 Å². The molecule has 0 spiro atoms. The van der Waals surface area contributed by atoms with Crippen molar-refractivity contribution in [2.24, 2.45) is 0 Å². The molecule has 0 aromatic heterocycles. The molecule has 0 amide bonds. The van der Waals surface area contributed by atoms with Crippen molar-refractivity contribution in [3.05, 3.63) is 54.4 Å². The average Bonchev–Trinajstić information content (AvgIpc) is 2.37. The maximum absolute atomic E-state index is 3.89. The molecule has 0 aliphatic carbocycles. The van der Waals surface area contributed by atoms with Gasteiger partial charge in [-0.1, -0.05) is 62.6 Å². The first-order valence-electron chi connectivity index (χ1n) is 6.59. The summed E-state index contributed by atoms with van der Waals surface area (Å²) in [7, 11) is 0. The van der Waals surface area contributed by atoms with Crippen molar-refractivity contribution >= 4 is 10.8 Å². The van der Waals surface area contributed by atoms with Crippen molar-refractivity contribution in [3.8, 4) is 0 Å². The summed E-state index contributed by atoms with van der Waals surface area (Å²) in [4.78, 5) is 0. The topological polar surface area (TPSA) is 0 Å². The van der Waals surface area contributed by atoms with E-state index in [1.165, 1.54) is 47.6 Å². The minimum Gasteiger partial charge on any atom is -0.0616 e. The van der Waals surface area contributed by atoms with Gasteiger partial charge in [0.05, 0.1) is 0 Å². The van der Waals surface area contributed by atoms with Crippen LogP contribution in [-0.2, 0) is 6.42 Å². The molecule has 0 saturated carbocycles. The van der Waals surface area contributed by atoms with Crippen LogP contribution in [0.15, 0.2) is 36.4 Å². The lowest BCUT2D eigenvalue weighted by molar-refractivity contribution is 0.687. The molecule has 0 N–H and O–H groups in total. The van der Waals surface area contributed by atoms with E-state index in [1.54, 1.807) is 0 Å². The number of hydrogen-bond donors (Lipinski definition) is 0. The van der Waals surface area contributed by atoms with Crippen LogP contribution in [0.3, 0.4) is 0 Å². The Bertz CT molecular complexity index is 482. The van der Waals surface area contributed by atoms with Crippen molar-refractivity contribution in [2.45, 2.75) is 39.0 Å². The molecular formula is C17H21. The summed E-state index contributed by atoms with van der Waals surface area (Å²) < 4.78 is 0. The third-order valence-electron chi connectivity index (χ3n) is 3.43. The van der Waals surface area contributed by atoms with Crippen LogP contribution >= 0.6 is 0 Å². The maximum atomic E-state index is 3.89. The van der Waals surface area contributed by atoms with Crippen LogP contribution in [-0.4, -0.2) is 0 Å². The van der Waals surface area contributed by atoms with Crippen molar-refractivity contribution in [3.63, 3.8) is 0 Å². The predicted molar refractivity (Wildman–Crippen MR) is 76.2 cm³/mol. The third-order valence-corrected chi connectivity index (χ3v) is 3.43. The SMILES string of the molecule is [CH2]CCCCCc1ccc(C)c2ccccc12. The van der Waals surface area contributed by atoms with Gasteiger partial charge in [0, 0.05) is 0 Å². The molecule has 0 saturated heterocycles. The van der Waals surface area contributed by atoms with Gasteiger partial charge in [-0.2, -0.15) is 0 Å². The summed E-state index contributed by atoms with van der Waals surface area (Å²) in [5.41, 5.74) is 2.87. The number of fused-ring (bicyclic) bond motifs is 1. The average molecular weight is 225 g/mol. The van der Waals surface area contributed by atoms with E-state index in [0.29, 0.717) is 0 Å². The Labute approximate surface area is 105 Å². The molecule has 1 radical (unpaired) electrons. The number of benzene rings is 2. The van der Waals surface area contributed by atoms with Gasteiger partial charge >= 0.3 is 0 Å². The highest BCUT2D eigenvalue weighted by atomic mass is 14.1. The van der Waals surface area contributed by atoms with E-state index < -0.39 is 0 Å². The second-order valence-electron chi connectivity index (χ2n) is 4.75. The summed E-state index contributed by atoms with van der Waals surface area (Å²) in [6, 6.07) is 13.3. The van der Waals surface area contributed by atoms with Crippen LogP contribution in [0.4, 0.5) is 0 Å². The molecule has 0 aliphatic rings. The zero-order chi connectivity index (χ0) is 12.1. The first-order valence-corrected chi connectivity index (χ1v) is 6.59. The summed E-state index contributed by atoms with van der Waals surface area (Å²) in [6.45, 7) is 6.08. The molecular weight excluding hydrogens is 204 g/mol. The van der Waals surface area contributed by atoms with E-state index in [-0.39, 0.29) is 0 Å². The fraction of sp³-hybridized carbons (Fsp3) is 0.353. The van der Waals surface area contributed by atoms with Gasteiger partial charge in [0.25, 0.3) is 0 Å². The van der Waals surface area contributed by atoms with E-state index in [0.717, 1.165) is 6.42 Å². The van der Waals surface area contributed by atoms with Gasteiger partial charge in [-0.05, 0) is 41.7 Å². The smallest absolute Gasteiger partial charge is 0.0149 e. The Morgan fingerprint density at radius 2 is 1.65 bits per heavy atom. The first-order chi connectivity index (χ1) is 8.33. The van der Waals surface area contributed by atoms with E-state index in [1.807, 2.05) is 0 Å². The second-order valence-corrected chi connectivity index (χ2v) is 4.75. The van der Waals surface area contributed by atoms with Gasteiger partial charge in [-0.3, -0.25) is 0 Å². The molecule has 0 aliphatic heterocycles. The molecule has 89 valence electrons. The lowest BCUT2D eigenvalue weighted by Gasteiger charge is -2.08. The Balaban J connectivity index is 2.20. The summed E-state index contributed by atoms with van der Waals surface area (Å²) in [6.07, 6.45) is 6.09. The van der Waals surface area contributed by atoms with Crippen LogP contribution < -0.4 is 0 Å². The highest BCUT2D eigenvalue weighted by molar-refractivity contribution is 5.88. The fourth-order valence-electron chi connectivity index (χ4n) is 2.40. The van der Waals surface area contributed by atoms with Gasteiger partial charge in [0.1, 0.15) is 0 Å². The summed E-state index contributed by atoms with van der Waals surface area (Å²) in [5, 5.41) is 2.84. The summed E-state index contributed by atoms with van der Waals surface area (Å²) in [5.74, 6) is 0. The van der Waals surface area contributed by atoms with Gasteiger partial charge < -0.3 is 0 Å². The van der Waals surface area contributed by atoms with Crippen LogP contribution in [0.5, 0.6) is 0 Å². The molecule has 2 aromatic carbocycles. The quantitative estimate of drug-likeness (QED) is 0.622. The minimum absolute atomic E-state index is 1.06. The van der Waals surface area contributed by atoms with Crippen molar-refractivity contribution in [1.29, 1.82) is 0 Å². The first kappa shape index (κ1) is 12.2. The fourth-order valence-corrected chi connectivity index (χ4v) is 2.40. The van der Waals surface area contributed by atoms with E-state index in [4.69, 9.17) is 0 Å². The standard InChI is InChI=1S/C17H21/c1-3-4-5-6-9-15-13-12-14(2)16-10-7-8-11-17(15)16/h7-8,10-13H,1,3-6,9H2,2H3. The van der Waals surface area contributed by atoms with Gasteiger partial charge in [-0.15, -0.1) is 0 Å². The third kappa shape index (κ3) is 2.88. The van der Waals surface area contributed by atoms with Crippen molar-refractivity contribution < 1.29 is 0 Å². The van der Waals surface area contributed by atoms with Crippen LogP contribution in [0.25, 0.3) is 10.8 Å². The number of unbranched alkanes of at least 4 members (excludes halogenated alkanes) is 3. The van der Waals surface area contributed by atoms with E-state index >= 15 is 0 Å².